The maximum Gasteiger partial charge on any atom is 0.0662 e. The topological polar surface area (TPSA) is 42.0 Å². The molecule has 1 saturated heterocycles. The largest absolute Gasteiger partial charge is 0.315 e. The number of aromatic nitrogens is 1. The lowest BCUT2D eigenvalue weighted by Crippen LogP contribution is -2.20. The minimum absolute atomic E-state index is 0. The highest BCUT2D eigenvalue weighted by Crippen LogP contribution is 2.10. The highest BCUT2D eigenvalue weighted by molar-refractivity contribution is 7.84. The molecule has 1 aliphatic rings. The van der Waals surface area contributed by atoms with Crippen molar-refractivity contribution in [1.29, 1.82) is 0 Å². The molecule has 1 aromatic heterocycles. The van der Waals surface area contributed by atoms with Gasteiger partial charge in [0.15, 0.2) is 0 Å². The maximum atomic E-state index is 11.8. The monoisotopic (exact) mass is 246 g/mol. The molecule has 84 valence electrons. The van der Waals surface area contributed by atoms with Crippen LogP contribution < -0.4 is 5.32 Å². The summed E-state index contributed by atoms with van der Waals surface area (Å²) < 4.78 is 11.8. The van der Waals surface area contributed by atoms with E-state index in [1.165, 1.54) is 0 Å². The molecular weight excluding hydrogens is 232 g/mol. The normalized spacial score (nSPS) is 22.0. The summed E-state index contributed by atoms with van der Waals surface area (Å²) in [6, 6.07) is 5.75. The average molecular weight is 247 g/mol. The van der Waals surface area contributed by atoms with Crippen LogP contribution in [0.5, 0.6) is 0 Å². The minimum atomic E-state index is -0.771. The van der Waals surface area contributed by atoms with Crippen LogP contribution in [-0.4, -0.2) is 27.5 Å². The Hall–Kier alpha value is -0.450. The standard InChI is InChI=1S/C10H14N2OS.ClH/c13-14(10-4-6-11-7-10)8-9-3-1-2-5-12-9;/h1-3,5,10-11H,4,6-8H2;1H/t10-,14+;/m1./s1. The van der Waals surface area contributed by atoms with Crippen LogP contribution in [0.3, 0.4) is 0 Å². The van der Waals surface area contributed by atoms with Crippen LogP contribution in [-0.2, 0) is 16.6 Å². The zero-order valence-corrected chi connectivity index (χ0v) is 10.0. The van der Waals surface area contributed by atoms with Crippen molar-refractivity contribution < 1.29 is 4.21 Å². The van der Waals surface area contributed by atoms with Crippen molar-refractivity contribution in [2.45, 2.75) is 17.4 Å². The van der Waals surface area contributed by atoms with Crippen molar-refractivity contribution in [2.24, 2.45) is 0 Å². The van der Waals surface area contributed by atoms with Crippen LogP contribution in [0, 0.1) is 0 Å². The van der Waals surface area contributed by atoms with Crippen LogP contribution in [0.25, 0.3) is 0 Å². The van der Waals surface area contributed by atoms with Crippen molar-refractivity contribution in [1.82, 2.24) is 10.3 Å². The molecule has 1 aromatic rings. The summed E-state index contributed by atoms with van der Waals surface area (Å²) in [4.78, 5) is 4.18. The Labute approximate surface area is 98.5 Å². The van der Waals surface area contributed by atoms with E-state index in [4.69, 9.17) is 0 Å². The van der Waals surface area contributed by atoms with Crippen molar-refractivity contribution in [3.63, 3.8) is 0 Å². The number of hydrogen-bond donors (Lipinski definition) is 1. The number of hydrogen-bond acceptors (Lipinski definition) is 3. The second kappa shape index (κ2) is 6.20. The van der Waals surface area contributed by atoms with Crippen LogP contribution >= 0.6 is 12.4 Å². The van der Waals surface area contributed by atoms with Crippen molar-refractivity contribution in [2.75, 3.05) is 13.1 Å². The van der Waals surface area contributed by atoms with Gasteiger partial charge in [0.2, 0.25) is 0 Å². The van der Waals surface area contributed by atoms with Gasteiger partial charge in [0, 0.05) is 28.8 Å². The first kappa shape index (κ1) is 12.6. The van der Waals surface area contributed by atoms with E-state index in [1.807, 2.05) is 18.2 Å². The van der Waals surface area contributed by atoms with Gasteiger partial charge in [0.25, 0.3) is 0 Å². The van der Waals surface area contributed by atoms with E-state index in [9.17, 15) is 4.21 Å². The molecule has 0 bridgehead atoms. The molecule has 5 heteroatoms. The van der Waals surface area contributed by atoms with E-state index in [0.717, 1.165) is 25.2 Å². The van der Waals surface area contributed by atoms with Crippen LogP contribution in [0.1, 0.15) is 12.1 Å². The number of halogens is 1. The van der Waals surface area contributed by atoms with Gasteiger partial charge >= 0.3 is 0 Å². The molecule has 2 atom stereocenters. The third-order valence-corrected chi connectivity index (χ3v) is 4.13. The fraction of sp³-hybridized carbons (Fsp3) is 0.500. The molecule has 0 unspecified atom stereocenters. The minimum Gasteiger partial charge on any atom is -0.315 e. The molecule has 1 fully saturated rings. The molecule has 3 nitrogen and oxygen atoms in total. The molecule has 0 radical (unpaired) electrons. The second-order valence-corrected chi connectivity index (χ2v) is 5.18. The van der Waals surface area contributed by atoms with Crippen molar-refractivity contribution in [3.05, 3.63) is 30.1 Å². The average Bonchev–Trinajstić information content (AvgIpc) is 2.72. The third kappa shape index (κ3) is 3.55. The Morgan fingerprint density at radius 3 is 3.00 bits per heavy atom. The van der Waals surface area contributed by atoms with Gasteiger partial charge in [-0.2, -0.15) is 0 Å². The van der Waals surface area contributed by atoms with E-state index in [2.05, 4.69) is 10.3 Å². The van der Waals surface area contributed by atoms with E-state index in [0.29, 0.717) is 11.0 Å². The molecule has 0 aromatic carbocycles. The lowest BCUT2D eigenvalue weighted by molar-refractivity contribution is 0.671. The highest BCUT2D eigenvalue weighted by atomic mass is 35.5. The Morgan fingerprint density at radius 2 is 2.40 bits per heavy atom. The summed E-state index contributed by atoms with van der Waals surface area (Å²) in [7, 11) is -0.771. The molecule has 2 rings (SSSR count). The molecule has 2 heterocycles. The maximum absolute atomic E-state index is 11.8. The number of pyridine rings is 1. The molecule has 1 aliphatic heterocycles. The zero-order valence-electron chi connectivity index (χ0n) is 8.39. The van der Waals surface area contributed by atoms with Gasteiger partial charge in [-0.25, -0.2) is 0 Å². The van der Waals surface area contributed by atoms with Crippen LogP contribution in [0.4, 0.5) is 0 Å². The third-order valence-electron chi connectivity index (χ3n) is 2.40. The van der Waals surface area contributed by atoms with Crippen molar-refractivity contribution >= 4 is 23.2 Å². The molecule has 15 heavy (non-hydrogen) atoms. The van der Waals surface area contributed by atoms with Gasteiger partial charge in [-0.05, 0) is 25.1 Å². The van der Waals surface area contributed by atoms with Crippen LogP contribution in [0.15, 0.2) is 24.4 Å². The number of rotatable bonds is 3. The number of nitrogens with one attached hydrogen (secondary N) is 1. The summed E-state index contributed by atoms with van der Waals surface area (Å²) >= 11 is 0. The summed E-state index contributed by atoms with van der Waals surface area (Å²) in [5.41, 5.74) is 0.928. The van der Waals surface area contributed by atoms with E-state index < -0.39 is 10.8 Å². The Morgan fingerprint density at radius 1 is 1.53 bits per heavy atom. The molecule has 1 N–H and O–H groups in total. The lowest BCUT2D eigenvalue weighted by Gasteiger charge is -2.07. The summed E-state index contributed by atoms with van der Waals surface area (Å²) in [5.74, 6) is 0.590. The van der Waals surface area contributed by atoms with Gasteiger partial charge in [-0.3, -0.25) is 9.19 Å². The molecular formula is C10H15ClN2OS. The predicted molar refractivity (Wildman–Crippen MR) is 64.6 cm³/mol. The first-order valence-corrected chi connectivity index (χ1v) is 6.22. The Bertz CT molecular complexity index is 314. The summed E-state index contributed by atoms with van der Waals surface area (Å²) in [6.45, 7) is 1.89. The quantitative estimate of drug-likeness (QED) is 0.869. The first-order valence-electron chi connectivity index (χ1n) is 4.84. The fourth-order valence-corrected chi connectivity index (χ4v) is 2.98. The van der Waals surface area contributed by atoms with E-state index in [1.54, 1.807) is 6.20 Å². The molecule has 0 aliphatic carbocycles. The van der Waals surface area contributed by atoms with Gasteiger partial charge in [0.05, 0.1) is 11.4 Å². The Balaban J connectivity index is 0.00000112. The number of nitrogens with zero attached hydrogens (tertiary/aromatic N) is 1. The van der Waals surface area contributed by atoms with Crippen LogP contribution in [0.2, 0.25) is 0 Å². The first-order chi connectivity index (χ1) is 6.86. The fourth-order valence-electron chi connectivity index (χ4n) is 1.60. The van der Waals surface area contributed by atoms with E-state index >= 15 is 0 Å². The predicted octanol–water partition coefficient (Wildman–Crippen LogP) is 1.11. The highest BCUT2D eigenvalue weighted by Gasteiger charge is 2.21. The molecule has 0 amide bonds. The van der Waals surface area contributed by atoms with E-state index in [-0.39, 0.29) is 12.4 Å². The van der Waals surface area contributed by atoms with Crippen molar-refractivity contribution in [3.8, 4) is 0 Å². The van der Waals surface area contributed by atoms with Gasteiger partial charge < -0.3 is 5.32 Å². The Kier molecular flexibility index (Phi) is 5.22. The van der Waals surface area contributed by atoms with Gasteiger partial charge in [-0.1, -0.05) is 6.07 Å². The molecule has 0 saturated carbocycles. The molecule has 0 spiro atoms. The SMILES string of the molecule is Cl.O=[S@@](Cc1ccccn1)[C@@H]1CCNC1. The summed E-state index contributed by atoms with van der Waals surface area (Å²) in [5, 5.41) is 3.54. The lowest BCUT2D eigenvalue weighted by atomic mass is 10.4. The summed E-state index contributed by atoms with van der Waals surface area (Å²) in [6.07, 6.45) is 2.78. The van der Waals surface area contributed by atoms with Gasteiger partial charge in [0.1, 0.15) is 0 Å². The second-order valence-electron chi connectivity index (χ2n) is 3.46. The van der Waals surface area contributed by atoms with Gasteiger partial charge in [-0.15, -0.1) is 12.4 Å². The smallest absolute Gasteiger partial charge is 0.0662 e. The zero-order chi connectivity index (χ0) is 9.80.